The van der Waals surface area contributed by atoms with E-state index in [1.165, 1.54) is 12.1 Å². The Morgan fingerprint density at radius 2 is 1.68 bits per heavy atom. The maximum Gasteiger partial charge on any atom is 0.286 e. The number of amides is 2. The van der Waals surface area contributed by atoms with Crippen LogP contribution in [0.4, 0.5) is 10.5 Å². The van der Waals surface area contributed by atoms with Crippen LogP contribution >= 0.6 is 11.8 Å². The van der Waals surface area contributed by atoms with Crippen molar-refractivity contribution in [2.45, 2.75) is 18.3 Å². The van der Waals surface area contributed by atoms with Gasteiger partial charge in [-0.2, -0.15) is 0 Å². The molecule has 25 heavy (non-hydrogen) atoms. The number of hydrogen-bond acceptors (Lipinski definition) is 6. The molecule has 2 aromatic rings. The number of carbonyl (C=O) groups excluding carboxylic acids is 2. The molecule has 128 valence electrons. The number of thioether (sulfide) groups is 1. The van der Waals surface area contributed by atoms with Gasteiger partial charge in [0.15, 0.2) is 0 Å². The van der Waals surface area contributed by atoms with Crippen LogP contribution in [0.25, 0.3) is 0 Å². The summed E-state index contributed by atoms with van der Waals surface area (Å²) >= 11 is 1.00. The minimum absolute atomic E-state index is 0.0420. The van der Waals surface area contributed by atoms with Crippen molar-refractivity contribution >= 4 is 28.6 Å². The van der Waals surface area contributed by atoms with Gasteiger partial charge in [-0.1, -0.05) is 23.9 Å². The number of nitro benzene ring substituents is 1. The molecule has 3 rings (SSSR count). The van der Waals surface area contributed by atoms with Gasteiger partial charge in [-0.3, -0.25) is 25.0 Å². The van der Waals surface area contributed by atoms with Gasteiger partial charge in [0.25, 0.3) is 10.9 Å². The molecule has 0 radical (unpaired) electrons. The third kappa shape index (κ3) is 4.36. The number of nitrogens with one attached hydrogen (secondary N) is 1. The molecule has 2 amide bonds. The Hall–Kier alpha value is -2.87. The zero-order valence-corrected chi connectivity index (χ0v) is 13.8. The highest BCUT2D eigenvalue weighted by molar-refractivity contribution is 8.15. The Balaban J connectivity index is 1.54. The number of carbonyl (C=O) groups is 2. The maximum atomic E-state index is 11.6. The van der Waals surface area contributed by atoms with Gasteiger partial charge in [0.1, 0.15) is 12.4 Å². The van der Waals surface area contributed by atoms with Crippen LogP contribution in [0, 0.1) is 10.1 Å². The van der Waals surface area contributed by atoms with Crippen LogP contribution in [0.5, 0.6) is 5.75 Å². The molecule has 7 nitrogen and oxygen atoms in total. The average molecular weight is 358 g/mol. The van der Waals surface area contributed by atoms with E-state index in [1.54, 1.807) is 24.3 Å². The summed E-state index contributed by atoms with van der Waals surface area (Å²) in [6, 6.07) is 13.5. The molecule has 0 aliphatic carbocycles. The third-order valence-corrected chi connectivity index (χ3v) is 4.65. The Bertz CT molecular complexity index is 805. The van der Waals surface area contributed by atoms with E-state index in [1.807, 2.05) is 12.1 Å². The first kappa shape index (κ1) is 17.0. The number of rotatable bonds is 6. The molecule has 8 heteroatoms. The monoisotopic (exact) mass is 358 g/mol. The predicted molar refractivity (Wildman–Crippen MR) is 92.5 cm³/mol. The quantitative estimate of drug-likeness (QED) is 0.629. The molecule has 0 aromatic heterocycles. The summed E-state index contributed by atoms with van der Waals surface area (Å²) in [5, 5.41) is 12.2. The number of hydrogen-bond donors (Lipinski definition) is 1. The molecular formula is C17H14N2O5S. The number of nitro groups is 1. The first-order valence-electron chi connectivity index (χ1n) is 7.48. The van der Waals surface area contributed by atoms with Crippen molar-refractivity contribution in [1.82, 2.24) is 5.32 Å². The fraction of sp³-hybridized carbons (Fsp3) is 0.176. The summed E-state index contributed by atoms with van der Waals surface area (Å²) < 4.78 is 5.65. The number of non-ortho nitro benzene ring substituents is 1. The van der Waals surface area contributed by atoms with E-state index in [9.17, 15) is 19.7 Å². The van der Waals surface area contributed by atoms with Crippen LogP contribution in [-0.4, -0.2) is 21.3 Å². The molecule has 1 saturated heterocycles. The SMILES string of the molecule is O=C1NC(=O)C(Cc2ccc(OCc3ccc([N+](=O)[O-])cc3)cc2)S1. The third-order valence-electron chi connectivity index (χ3n) is 3.66. The number of imide groups is 1. The molecule has 1 atom stereocenters. The Kier molecular flexibility index (Phi) is 4.99. The average Bonchev–Trinajstić information content (AvgIpc) is 2.92. The van der Waals surface area contributed by atoms with E-state index in [4.69, 9.17) is 4.74 Å². The van der Waals surface area contributed by atoms with Crippen molar-refractivity contribution in [2.75, 3.05) is 0 Å². The van der Waals surface area contributed by atoms with Crippen molar-refractivity contribution in [1.29, 1.82) is 0 Å². The second-order valence-electron chi connectivity index (χ2n) is 5.44. The van der Waals surface area contributed by atoms with Crippen LogP contribution in [0.1, 0.15) is 11.1 Å². The smallest absolute Gasteiger partial charge is 0.286 e. The summed E-state index contributed by atoms with van der Waals surface area (Å²) in [7, 11) is 0. The molecule has 1 fully saturated rings. The number of ether oxygens (including phenoxy) is 1. The van der Waals surface area contributed by atoms with Gasteiger partial charge in [-0.25, -0.2) is 0 Å². The predicted octanol–water partition coefficient (Wildman–Crippen LogP) is 3.07. The van der Waals surface area contributed by atoms with Crippen molar-refractivity contribution in [3.8, 4) is 5.75 Å². The Morgan fingerprint density at radius 3 is 2.24 bits per heavy atom. The zero-order chi connectivity index (χ0) is 17.8. The van der Waals surface area contributed by atoms with E-state index < -0.39 is 4.92 Å². The first-order chi connectivity index (χ1) is 12.0. The fourth-order valence-corrected chi connectivity index (χ4v) is 3.20. The molecule has 0 bridgehead atoms. The highest BCUT2D eigenvalue weighted by Gasteiger charge is 2.31. The van der Waals surface area contributed by atoms with Gasteiger partial charge in [0.05, 0.1) is 10.2 Å². The summed E-state index contributed by atoms with van der Waals surface area (Å²) in [4.78, 5) is 32.9. The molecule has 0 saturated carbocycles. The standard InChI is InChI=1S/C17H14N2O5S/c20-16-15(25-17(21)18-16)9-11-3-7-14(8-4-11)24-10-12-1-5-13(6-2-12)19(22)23/h1-8,15H,9-10H2,(H,18,20,21). The molecule has 2 aromatic carbocycles. The topological polar surface area (TPSA) is 98.5 Å². The van der Waals surface area contributed by atoms with E-state index >= 15 is 0 Å². The van der Waals surface area contributed by atoms with Crippen molar-refractivity contribution in [3.05, 3.63) is 69.8 Å². The van der Waals surface area contributed by atoms with Gasteiger partial charge in [-0.05, 0) is 41.8 Å². The second-order valence-corrected chi connectivity index (χ2v) is 6.62. The van der Waals surface area contributed by atoms with Gasteiger partial charge in [-0.15, -0.1) is 0 Å². The summed E-state index contributed by atoms with van der Waals surface area (Å²) in [6.45, 7) is 0.298. The van der Waals surface area contributed by atoms with Crippen molar-refractivity contribution in [2.24, 2.45) is 0 Å². The minimum atomic E-state index is -0.445. The van der Waals surface area contributed by atoms with E-state index in [0.717, 1.165) is 22.9 Å². The van der Waals surface area contributed by atoms with Crippen molar-refractivity contribution < 1.29 is 19.2 Å². The molecular weight excluding hydrogens is 344 g/mol. The largest absolute Gasteiger partial charge is 0.489 e. The first-order valence-corrected chi connectivity index (χ1v) is 8.36. The molecule has 1 N–H and O–H groups in total. The zero-order valence-electron chi connectivity index (χ0n) is 13.0. The molecule has 0 spiro atoms. The normalized spacial score (nSPS) is 16.6. The van der Waals surface area contributed by atoms with Crippen LogP contribution in [0.3, 0.4) is 0 Å². The highest BCUT2D eigenvalue weighted by Crippen LogP contribution is 2.24. The van der Waals surface area contributed by atoms with Gasteiger partial charge in [0, 0.05) is 12.1 Å². The minimum Gasteiger partial charge on any atom is -0.489 e. The van der Waals surface area contributed by atoms with Crippen LogP contribution in [0.2, 0.25) is 0 Å². The molecule has 1 aliphatic rings. The van der Waals surface area contributed by atoms with Crippen molar-refractivity contribution in [3.63, 3.8) is 0 Å². The maximum absolute atomic E-state index is 11.6. The molecule has 1 heterocycles. The summed E-state index contributed by atoms with van der Waals surface area (Å²) in [5.41, 5.74) is 1.80. The Labute approximate surface area is 147 Å². The second kappa shape index (κ2) is 7.35. The molecule has 1 unspecified atom stereocenters. The van der Waals surface area contributed by atoms with Gasteiger partial charge < -0.3 is 4.74 Å². The lowest BCUT2D eigenvalue weighted by Crippen LogP contribution is -2.25. The number of benzene rings is 2. The van der Waals surface area contributed by atoms with Gasteiger partial charge in [0.2, 0.25) is 5.91 Å². The summed E-state index contributed by atoms with van der Waals surface area (Å²) in [6.07, 6.45) is 0.477. The molecule has 1 aliphatic heterocycles. The number of nitrogens with zero attached hydrogens (tertiary/aromatic N) is 1. The lowest BCUT2D eigenvalue weighted by molar-refractivity contribution is -0.384. The van der Waals surface area contributed by atoms with E-state index in [2.05, 4.69) is 5.32 Å². The van der Waals surface area contributed by atoms with Crippen LogP contribution in [-0.2, 0) is 17.8 Å². The summed E-state index contributed by atoms with van der Waals surface area (Å²) in [5.74, 6) is 0.398. The van der Waals surface area contributed by atoms with Crippen LogP contribution in [0.15, 0.2) is 48.5 Å². The Morgan fingerprint density at radius 1 is 1.04 bits per heavy atom. The lowest BCUT2D eigenvalue weighted by Gasteiger charge is -2.09. The lowest BCUT2D eigenvalue weighted by atomic mass is 10.1. The van der Waals surface area contributed by atoms with Gasteiger partial charge >= 0.3 is 0 Å². The van der Waals surface area contributed by atoms with E-state index in [-0.39, 0.29) is 22.1 Å². The van der Waals surface area contributed by atoms with Crippen LogP contribution < -0.4 is 10.1 Å². The van der Waals surface area contributed by atoms with E-state index in [0.29, 0.717) is 18.8 Å². The fourth-order valence-electron chi connectivity index (χ4n) is 2.34. The highest BCUT2D eigenvalue weighted by atomic mass is 32.2.